The first-order valence-electron chi connectivity index (χ1n) is 10.4. The van der Waals surface area contributed by atoms with Crippen LogP contribution in [0.25, 0.3) is 21.8 Å². The number of primary amides is 1. The Morgan fingerprint density at radius 3 is 2.74 bits per heavy atom. The molecule has 1 aliphatic rings. The van der Waals surface area contributed by atoms with Gasteiger partial charge in [-0.15, -0.1) is 0 Å². The average molecular weight is 426 g/mol. The molecular formula is C23H27FN4O3. The van der Waals surface area contributed by atoms with E-state index >= 15 is 4.39 Å². The number of halogens is 1. The molecule has 1 aliphatic heterocycles. The van der Waals surface area contributed by atoms with E-state index in [0.29, 0.717) is 29.7 Å². The van der Waals surface area contributed by atoms with Gasteiger partial charge in [-0.3, -0.25) is 4.79 Å². The van der Waals surface area contributed by atoms with Crippen LogP contribution in [0, 0.1) is 5.82 Å². The molecule has 164 valence electrons. The third-order valence-electron chi connectivity index (χ3n) is 5.43. The van der Waals surface area contributed by atoms with Crippen LogP contribution in [0.15, 0.2) is 30.3 Å². The number of aromatic nitrogens is 1. The van der Waals surface area contributed by atoms with Gasteiger partial charge in [-0.1, -0.05) is 18.2 Å². The SMILES string of the molecule is CC(C)(C)OC(=O)N[C@H]1CCCN(c2c(F)cc(C(N)=O)c3[nH]c4ccccc4c23)C1. The minimum atomic E-state index is -0.690. The highest BCUT2D eigenvalue weighted by molar-refractivity contribution is 6.19. The Morgan fingerprint density at radius 2 is 2.03 bits per heavy atom. The van der Waals surface area contributed by atoms with E-state index in [0.717, 1.165) is 23.7 Å². The molecule has 2 aromatic carbocycles. The third kappa shape index (κ3) is 4.15. The summed E-state index contributed by atoms with van der Waals surface area (Å²) in [5.74, 6) is -1.20. The minimum Gasteiger partial charge on any atom is -0.444 e. The van der Waals surface area contributed by atoms with Crippen LogP contribution in [-0.2, 0) is 4.74 Å². The van der Waals surface area contributed by atoms with Crippen molar-refractivity contribution in [3.8, 4) is 0 Å². The topological polar surface area (TPSA) is 100 Å². The zero-order chi connectivity index (χ0) is 22.3. The molecule has 4 N–H and O–H groups in total. The van der Waals surface area contributed by atoms with Gasteiger partial charge in [0.25, 0.3) is 5.91 Å². The molecule has 3 aromatic rings. The lowest BCUT2D eigenvalue weighted by molar-refractivity contribution is 0.0500. The molecule has 0 bridgehead atoms. The number of piperidine rings is 1. The Kier molecular flexibility index (Phi) is 5.24. The van der Waals surface area contributed by atoms with Gasteiger partial charge in [-0.05, 0) is 45.7 Å². The molecule has 0 unspecified atom stereocenters. The van der Waals surface area contributed by atoms with Crippen molar-refractivity contribution in [3.63, 3.8) is 0 Å². The monoisotopic (exact) mass is 426 g/mol. The second-order valence-corrected chi connectivity index (χ2v) is 8.97. The van der Waals surface area contributed by atoms with E-state index in [1.54, 1.807) is 0 Å². The molecular weight excluding hydrogens is 399 g/mol. The van der Waals surface area contributed by atoms with Crippen LogP contribution in [-0.4, -0.2) is 41.7 Å². The van der Waals surface area contributed by atoms with E-state index in [2.05, 4.69) is 10.3 Å². The summed E-state index contributed by atoms with van der Waals surface area (Å²) < 4.78 is 20.7. The molecule has 1 atom stereocenters. The predicted molar refractivity (Wildman–Crippen MR) is 119 cm³/mol. The summed E-state index contributed by atoms with van der Waals surface area (Å²) in [5.41, 5.74) is 6.78. The normalized spacial score (nSPS) is 17.2. The number of ether oxygens (including phenoxy) is 1. The van der Waals surface area contributed by atoms with Gasteiger partial charge in [-0.2, -0.15) is 0 Å². The van der Waals surface area contributed by atoms with Crippen LogP contribution in [0.5, 0.6) is 0 Å². The first kappa shape index (κ1) is 21.0. The van der Waals surface area contributed by atoms with Gasteiger partial charge < -0.3 is 25.7 Å². The van der Waals surface area contributed by atoms with E-state index in [1.807, 2.05) is 49.9 Å². The van der Waals surface area contributed by atoms with Crippen LogP contribution in [0.4, 0.5) is 14.9 Å². The molecule has 2 heterocycles. The second kappa shape index (κ2) is 7.76. The number of nitrogens with one attached hydrogen (secondary N) is 2. The van der Waals surface area contributed by atoms with Gasteiger partial charge >= 0.3 is 6.09 Å². The lowest BCUT2D eigenvalue weighted by Crippen LogP contribution is -2.49. The summed E-state index contributed by atoms with van der Waals surface area (Å²) in [6.45, 7) is 6.49. The van der Waals surface area contributed by atoms with Crippen molar-refractivity contribution in [3.05, 3.63) is 41.7 Å². The third-order valence-corrected chi connectivity index (χ3v) is 5.43. The van der Waals surface area contributed by atoms with Gasteiger partial charge in [0.05, 0.1) is 16.8 Å². The zero-order valence-corrected chi connectivity index (χ0v) is 17.9. The zero-order valence-electron chi connectivity index (χ0n) is 17.9. The van der Waals surface area contributed by atoms with Crippen molar-refractivity contribution in [2.24, 2.45) is 5.73 Å². The molecule has 1 fully saturated rings. The average Bonchev–Trinajstić information content (AvgIpc) is 3.05. The smallest absolute Gasteiger partial charge is 0.407 e. The summed E-state index contributed by atoms with van der Waals surface area (Å²) >= 11 is 0. The highest BCUT2D eigenvalue weighted by Crippen LogP contribution is 2.38. The minimum absolute atomic E-state index is 0.118. The van der Waals surface area contributed by atoms with Gasteiger partial charge in [0.2, 0.25) is 0 Å². The van der Waals surface area contributed by atoms with Gasteiger partial charge in [0.1, 0.15) is 11.4 Å². The molecule has 2 amide bonds. The molecule has 7 nitrogen and oxygen atoms in total. The largest absolute Gasteiger partial charge is 0.444 e. The number of amides is 2. The molecule has 4 rings (SSSR count). The number of nitrogens with two attached hydrogens (primary N) is 1. The van der Waals surface area contributed by atoms with Crippen LogP contribution >= 0.6 is 0 Å². The number of benzene rings is 2. The summed E-state index contributed by atoms with van der Waals surface area (Å²) in [6, 6.07) is 8.53. The van der Waals surface area contributed by atoms with Crippen LogP contribution < -0.4 is 16.0 Å². The quantitative estimate of drug-likeness (QED) is 0.588. The number of carbonyl (C=O) groups is 2. The number of anilines is 1. The van der Waals surface area contributed by atoms with Crippen molar-refractivity contribution in [1.29, 1.82) is 0 Å². The maximum Gasteiger partial charge on any atom is 0.407 e. The van der Waals surface area contributed by atoms with Crippen LogP contribution in [0.1, 0.15) is 44.0 Å². The molecule has 31 heavy (non-hydrogen) atoms. The fourth-order valence-electron chi connectivity index (χ4n) is 4.25. The first-order chi connectivity index (χ1) is 14.6. The highest BCUT2D eigenvalue weighted by Gasteiger charge is 2.29. The summed E-state index contributed by atoms with van der Waals surface area (Å²) in [6.07, 6.45) is 1.07. The number of aromatic amines is 1. The predicted octanol–water partition coefficient (Wildman–Crippen LogP) is 4.05. The molecule has 8 heteroatoms. The number of hydrogen-bond donors (Lipinski definition) is 3. The van der Waals surface area contributed by atoms with Crippen molar-refractivity contribution in [2.45, 2.75) is 45.3 Å². The van der Waals surface area contributed by atoms with E-state index in [9.17, 15) is 9.59 Å². The van der Waals surface area contributed by atoms with Crippen molar-refractivity contribution < 1.29 is 18.7 Å². The molecule has 0 radical (unpaired) electrons. The summed E-state index contributed by atoms with van der Waals surface area (Å²) in [7, 11) is 0. The number of carbonyl (C=O) groups excluding carboxylic acids is 2. The Morgan fingerprint density at radius 1 is 1.29 bits per heavy atom. The number of fused-ring (bicyclic) bond motifs is 3. The number of rotatable bonds is 3. The molecule has 0 spiro atoms. The van der Waals surface area contributed by atoms with E-state index < -0.39 is 23.4 Å². The Hall–Kier alpha value is -3.29. The summed E-state index contributed by atoms with van der Waals surface area (Å²) in [5, 5.41) is 4.34. The van der Waals surface area contributed by atoms with Gasteiger partial charge in [0.15, 0.2) is 0 Å². The molecule has 1 aromatic heterocycles. The number of hydrogen-bond acceptors (Lipinski definition) is 4. The van der Waals surface area contributed by atoms with E-state index in [-0.39, 0.29) is 11.6 Å². The maximum absolute atomic E-state index is 15.4. The number of nitrogens with zero attached hydrogens (tertiary/aromatic N) is 1. The Labute approximate surface area is 179 Å². The van der Waals surface area contributed by atoms with Crippen molar-refractivity contribution in [2.75, 3.05) is 18.0 Å². The second-order valence-electron chi connectivity index (χ2n) is 8.97. The fourth-order valence-corrected chi connectivity index (χ4v) is 4.25. The van der Waals surface area contributed by atoms with Gasteiger partial charge in [0, 0.05) is 35.4 Å². The van der Waals surface area contributed by atoms with Crippen LogP contribution in [0.3, 0.4) is 0 Å². The molecule has 0 saturated carbocycles. The first-order valence-corrected chi connectivity index (χ1v) is 10.4. The van der Waals surface area contributed by atoms with Crippen molar-refractivity contribution in [1.82, 2.24) is 10.3 Å². The van der Waals surface area contributed by atoms with Gasteiger partial charge in [-0.25, -0.2) is 9.18 Å². The van der Waals surface area contributed by atoms with E-state index in [4.69, 9.17) is 10.5 Å². The standard InChI is InChI=1S/C23H27FN4O3/c1-23(2,3)31-22(30)26-13-7-6-10-28(12-13)20-16(24)11-15(21(25)29)19-18(20)14-8-4-5-9-17(14)27-19/h4-5,8-9,11,13,27H,6-7,10,12H2,1-3H3,(H2,25,29)(H,26,30)/t13-/m0/s1. The Bertz CT molecular complexity index is 1170. The Balaban J connectivity index is 1.74. The van der Waals surface area contributed by atoms with Crippen molar-refractivity contribution >= 4 is 39.5 Å². The van der Waals surface area contributed by atoms with E-state index in [1.165, 1.54) is 6.07 Å². The number of para-hydroxylation sites is 1. The molecule has 1 saturated heterocycles. The fraction of sp³-hybridized carbons (Fsp3) is 0.391. The summed E-state index contributed by atoms with van der Waals surface area (Å²) in [4.78, 5) is 29.3. The number of alkyl carbamates (subject to hydrolysis) is 1. The highest BCUT2D eigenvalue weighted by atomic mass is 19.1. The molecule has 0 aliphatic carbocycles. The lowest BCUT2D eigenvalue weighted by Gasteiger charge is -2.35. The number of H-pyrrole nitrogens is 1. The maximum atomic E-state index is 15.4. The van der Waals surface area contributed by atoms with Crippen LogP contribution in [0.2, 0.25) is 0 Å². The lowest BCUT2D eigenvalue weighted by atomic mass is 10.0.